The molecule has 0 fully saturated rings. The van der Waals surface area contributed by atoms with Gasteiger partial charge >= 0.3 is 0 Å². The maximum Gasteiger partial charge on any atom is 0.247 e. The molecule has 0 radical (unpaired) electrons. The molecule has 0 saturated carbocycles. The van der Waals surface area contributed by atoms with Gasteiger partial charge in [-0.1, -0.05) is 0 Å². The number of carbonyl (C=O) groups excluding carboxylic acids is 1. The number of carbonyl (C=O) groups is 1. The average Bonchev–Trinajstić information content (AvgIpc) is 2.51. The topological polar surface area (TPSA) is 61.3 Å². The molecule has 0 aliphatic carbocycles. The normalized spacial score (nSPS) is 10.3. The number of ether oxygens (including phenoxy) is 2. The summed E-state index contributed by atoms with van der Waals surface area (Å²) in [5.41, 5.74) is -0.225. The van der Waals surface area contributed by atoms with Gasteiger partial charge in [-0.3, -0.25) is 4.79 Å². The molecule has 0 spiro atoms. The van der Waals surface area contributed by atoms with Gasteiger partial charge < -0.3 is 9.47 Å². The summed E-state index contributed by atoms with van der Waals surface area (Å²) in [7, 11) is 2.69. The largest absolute Gasteiger partial charge is 0.480 e. The SMILES string of the molecule is COc1cnc(C(=O)c2ccc(F)c(F)c2Br)c(OC)n1. The van der Waals surface area contributed by atoms with Crippen molar-refractivity contribution in [2.75, 3.05) is 14.2 Å². The first-order chi connectivity index (χ1) is 9.99. The predicted octanol–water partition coefficient (Wildman–Crippen LogP) is 2.77. The molecular weight excluding hydrogens is 350 g/mol. The highest BCUT2D eigenvalue weighted by Gasteiger charge is 2.23. The summed E-state index contributed by atoms with van der Waals surface area (Å²) in [6.45, 7) is 0. The van der Waals surface area contributed by atoms with Crippen LogP contribution in [0.1, 0.15) is 16.1 Å². The van der Waals surface area contributed by atoms with E-state index in [2.05, 4.69) is 25.9 Å². The van der Waals surface area contributed by atoms with E-state index in [4.69, 9.17) is 9.47 Å². The highest BCUT2D eigenvalue weighted by atomic mass is 79.9. The number of benzene rings is 1. The molecule has 21 heavy (non-hydrogen) atoms. The van der Waals surface area contributed by atoms with Crippen molar-refractivity contribution < 1.29 is 23.0 Å². The first kappa shape index (κ1) is 15.3. The van der Waals surface area contributed by atoms with E-state index in [-0.39, 0.29) is 27.5 Å². The van der Waals surface area contributed by atoms with Crippen LogP contribution in [0.4, 0.5) is 8.78 Å². The third-order valence-corrected chi connectivity index (χ3v) is 3.39. The molecule has 0 aliphatic rings. The summed E-state index contributed by atoms with van der Waals surface area (Å²) in [5.74, 6) is -2.79. The molecular formula is C13H9BrF2N2O3. The van der Waals surface area contributed by atoms with Gasteiger partial charge in [0.2, 0.25) is 17.5 Å². The van der Waals surface area contributed by atoms with Crippen molar-refractivity contribution in [3.8, 4) is 11.8 Å². The van der Waals surface area contributed by atoms with Gasteiger partial charge in [-0.2, -0.15) is 4.98 Å². The maximum atomic E-state index is 13.5. The summed E-state index contributed by atoms with van der Waals surface area (Å²) in [5, 5.41) is 0. The van der Waals surface area contributed by atoms with Gasteiger partial charge in [-0.25, -0.2) is 13.8 Å². The first-order valence-corrected chi connectivity index (χ1v) is 6.42. The second kappa shape index (κ2) is 6.13. The van der Waals surface area contributed by atoms with Crippen LogP contribution in [-0.2, 0) is 0 Å². The van der Waals surface area contributed by atoms with Crippen LogP contribution < -0.4 is 9.47 Å². The Morgan fingerprint density at radius 2 is 1.95 bits per heavy atom. The van der Waals surface area contributed by atoms with E-state index in [1.54, 1.807) is 0 Å². The molecule has 8 heteroatoms. The van der Waals surface area contributed by atoms with Gasteiger partial charge in [0.05, 0.1) is 24.9 Å². The molecule has 1 heterocycles. The third-order valence-electron chi connectivity index (χ3n) is 2.62. The second-order valence-corrected chi connectivity index (χ2v) is 4.62. The van der Waals surface area contributed by atoms with Gasteiger partial charge in [-0.15, -0.1) is 0 Å². The van der Waals surface area contributed by atoms with Crippen LogP contribution in [0, 0.1) is 11.6 Å². The van der Waals surface area contributed by atoms with E-state index in [1.807, 2.05) is 0 Å². The Labute approximate surface area is 127 Å². The van der Waals surface area contributed by atoms with Gasteiger partial charge in [0.1, 0.15) is 0 Å². The van der Waals surface area contributed by atoms with E-state index < -0.39 is 17.4 Å². The number of hydrogen-bond donors (Lipinski definition) is 0. The average molecular weight is 359 g/mol. The fourth-order valence-electron chi connectivity index (χ4n) is 1.58. The molecule has 0 atom stereocenters. The smallest absolute Gasteiger partial charge is 0.247 e. The number of halogens is 3. The molecule has 0 unspecified atom stereocenters. The molecule has 1 aromatic carbocycles. The van der Waals surface area contributed by atoms with Crippen LogP contribution in [0.15, 0.2) is 22.8 Å². The monoisotopic (exact) mass is 358 g/mol. The molecule has 0 aliphatic heterocycles. The molecule has 0 amide bonds. The van der Waals surface area contributed by atoms with Crippen LogP contribution in [0.5, 0.6) is 11.8 Å². The highest BCUT2D eigenvalue weighted by Crippen LogP contribution is 2.27. The minimum Gasteiger partial charge on any atom is -0.480 e. The Bertz CT molecular complexity index is 710. The van der Waals surface area contributed by atoms with Crippen molar-refractivity contribution in [1.82, 2.24) is 9.97 Å². The number of hydrogen-bond acceptors (Lipinski definition) is 5. The number of methoxy groups -OCH3 is 2. The molecule has 0 saturated heterocycles. The third kappa shape index (κ3) is 2.85. The predicted molar refractivity (Wildman–Crippen MR) is 72.6 cm³/mol. The second-order valence-electron chi connectivity index (χ2n) is 3.82. The first-order valence-electron chi connectivity index (χ1n) is 5.62. The zero-order valence-electron chi connectivity index (χ0n) is 11.0. The standard InChI is InChI=1S/C13H9BrF2N2O3/c1-20-8-5-17-11(13(18-8)21-2)12(19)6-3-4-7(15)10(16)9(6)14/h3-5H,1-2H3. The molecule has 5 nitrogen and oxygen atoms in total. The number of ketones is 1. The van der Waals surface area contributed by atoms with Crippen LogP contribution in [0.25, 0.3) is 0 Å². The van der Waals surface area contributed by atoms with Crippen molar-refractivity contribution in [2.24, 2.45) is 0 Å². The lowest BCUT2D eigenvalue weighted by molar-refractivity contribution is 0.102. The molecule has 110 valence electrons. The van der Waals surface area contributed by atoms with E-state index >= 15 is 0 Å². The van der Waals surface area contributed by atoms with Gasteiger partial charge in [0.25, 0.3) is 0 Å². The van der Waals surface area contributed by atoms with Crippen molar-refractivity contribution in [3.05, 3.63) is 45.7 Å². The van der Waals surface area contributed by atoms with E-state index in [9.17, 15) is 13.6 Å². The molecule has 0 bridgehead atoms. The summed E-state index contributed by atoms with van der Waals surface area (Å²) >= 11 is 2.85. The number of rotatable bonds is 4. The number of nitrogens with zero attached hydrogens (tertiary/aromatic N) is 2. The number of aromatic nitrogens is 2. The van der Waals surface area contributed by atoms with Crippen molar-refractivity contribution in [1.29, 1.82) is 0 Å². The zero-order valence-corrected chi connectivity index (χ0v) is 12.6. The zero-order chi connectivity index (χ0) is 15.6. The minimum atomic E-state index is -1.15. The van der Waals surface area contributed by atoms with E-state index in [1.165, 1.54) is 20.4 Å². The van der Waals surface area contributed by atoms with E-state index in [0.717, 1.165) is 12.1 Å². The summed E-state index contributed by atoms with van der Waals surface area (Å²) < 4.78 is 36.1. The van der Waals surface area contributed by atoms with Crippen molar-refractivity contribution in [3.63, 3.8) is 0 Å². The molecule has 1 aromatic heterocycles. The van der Waals surface area contributed by atoms with Crippen LogP contribution in [0.3, 0.4) is 0 Å². The lowest BCUT2D eigenvalue weighted by Crippen LogP contribution is -2.10. The highest BCUT2D eigenvalue weighted by molar-refractivity contribution is 9.10. The van der Waals surface area contributed by atoms with Crippen LogP contribution in [0.2, 0.25) is 0 Å². The Balaban J connectivity index is 2.52. The fraction of sp³-hybridized carbons (Fsp3) is 0.154. The summed E-state index contributed by atoms with van der Waals surface area (Å²) in [4.78, 5) is 20.2. The minimum absolute atomic E-state index is 0.0732. The van der Waals surface area contributed by atoms with Crippen LogP contribution in [-0.4, -0.2) is 30.0 Å². The summed E-state index contributed by atoms with van der Waals surface area (Å²) in [6, 6.07) is 2.01. The Kier molecular flexibility index (Phi) is 4.46. The quantitative estimate of drug-likeness (QED) is 0.621. The maximum absolute atomic E-state index is 13.5. The summed E-state index contributed by atoms with van der Waals surface area (Å²) in [6.07, 6.45) is 1.23. The molecule has 2 rings (SSSR count). The van der Waals surface area contributed by atoms with Crippen molar-refractivity contribution >= 4 is 21.7 Å². The van der Waals surface area contributed by atoms with Gasteiger partial charge in [0, 0.05) is 5.56 Å². The Morgan fingerprint density at radius 1 is 1.24 bits per heavy atom. The molecule has 2 aromatic rings. The Morgan fingerprint density at radius 3 is 2.57 bits per heavy atom. The van der Waals surface area contributed by atoms with Gasteiger partial charge in [0.15, 0.2) is 17.3 Å². The van der Waals surface area contributed by atoms with Crippen LogP contribution >= 0.6 is 15.9 Å². The van der Waals surface area contributed by atoms with E-state index in [0.29, 0.717) is 0 Å². The van der Waals surface area contributed by atoms with Gasteiger partial charge in [-0.05, 0) is 28.1 Å². The lowest BCUT2D eigenvalue weighted by Gasteiger charge is -2.09. The Hall–Kier alpha value is -2.09. The fourth-order valence-corrected chi connectivity index (χ4v) is 2.08. The molecule has 0 N–H and O–H groups in total. The van der Waals surface area contributed by atoms with Crippen molar-refractivity contribution in [2.45, 2.75) is 0 Å². The lowest BCUT2D eigenvalue weighted by atomic mass is 10.1.